The summed E-state index contributed by atoms with van der Waals surface area (Å²) in [6.07, 6.45) is 5.52. The molecule has 1 unspecified atom stereocenters. The van der Waals surface area contributed by atoms with Crippen molar-refractivity contribution in [2.45, 2.75) is 42.6 Å². The molecule has 0 aliphatic heterocycles. The van der Waals surface area contributed by atoms with Crippen molar-refractivity contribution >= 4 is 17.7 Å². The third-order valence-corrected chi connectivity index (χ3v) is 4.75. The lowest BCUT2D eigenvalue weighted by atomic mass is 10.1. The quantitative estimate of drug-likeness (QED) is 0.870. The topological polar surface area (TPSA) is 37.3 Å². The van der Waals surface area contributed by atoms with Crippen LogP contribution in [0.4, 0.5) is 0 Å². The fourth-order valence-corrected chi connectivity index (χ4v) is 3.75. The number of aliphatic carboxylic acids is 1. The van der Waals surface area contributed by atoms with Gasteiger partial charge < -0.3 is 5.11 Å². The Morgan fingerprint density at radius 2 is 1.94 bits per heavy atom. The van der Waals surface area contributed by atoms with Crippen molar-refractivity contribution < 1.29 is 9.90 Å². The molecule has 0 heterocycles. The zero-order chi connectivity index (χ0) is 12.1. The largest absolute Gasteiger partial charge is 0.480 e. The molecule has 0 saturated heterocycles. The molecule has 1 atom stereocenters. The van der Waals surface area contributed by atoms with E-state index < -0.39 is 5.97 Å². The van der Waals surface area contributed by atoms with E-state index >= 15 is 0 Å². The molecule has 2 nitrogen and oxygen atoms in total. The van der Waals surface area contributed by atoms with Gasteiger partial charge in [0.2, 0.25) is 0 Å². The standard InChI is InChI=1S/C14H18O2S/c15-14(16)13(17-12-8-4-5-9-12)10-11-6-2-1-3-7-11/h1-3,6-7,12-13H,4-5,8-10H2,(H,15,16). The smallest absolute Gasteiger partial charge is 0.316 e. The van der Waals surface area contributed by atoms with Gasteiger partial charge in [0.25, 0.3) is 0 Å². The molecule has 0 amide bonds. The number of carboxylic acids is 1. The average Bonchev–Trinajstić information content (AvgIpc) is 2.82. The van der Waals surface area contributed by atoms with Crippen LogP contribution in [0.5, 0.6) is 0 Å². The third-order valence-electron chi connectivity index (χ3n) is 3.20. The fraction of sp³-hybridized carbons (Fsp3) is 0.500. The molecule has 1 N–H and O–H groups in total. The first kappa shape index (κ1) is 12.5. The first-order valence-electron chi connectivity index (χ1n) is 6.18. The predicted molar refractivity (Wildman–Crippen MR) is 71.4 cm³/mol. The maximum Gasteiger partial charge on any atom is 0.316 e. The Morgan fingerprint density at radius 3 is 2.53 bits per heavy atom. The van der Waals surface area contributed by atoms with Crippen LogP contribution in [0.3, 0.4) is 0 Å². The molecular weight excluding hydrogens is 232 g/mol. The number of thioether (sulfide) groups is 1. The summed E-state index contributed by atoms with van der Waals surface area (Å²) in [5.74, 6) is -0.675. The molecule has 1 aromatic carbocycles. The van der Waals surface area contributed by atoms with E-state index in [4.69, 9.17) is 0 Å². The summed E-state index contributed by atoms with van der Waals surface area (Å²) in [5, 5.41) is 9.54. The summed E-state index contributed by atoms with van der Waals surface area (Å²) in [5.41, 5.74) is 1.12. The molecular formula is C14H18O2S. The Morgan fingerprint density at radius 1 is 1.29 bits per heavy atom. The molecule has 1 aliphatic rings. The van der Waals surface area contributed by atoms with E-state index in [9.17, 15) is 9.90 Å². The number of hydrogen-bond donors (Lipinski definition) is 1. The number of hydrogen-bond acceptors (Lipinski definition) is 2. The number of carboxylic acid groups (broad SMARTS) is 1. The van der Waals surface area contributed by atoms with Gasteiger partial charge in [0.1, 0.15) is 5.25 Å². The number of carbonyl (C=O) groups is 1. The molecule has 17 heavy (non-hydrogen) atoms. The second-order valence-corrected chi connectivity index (χ2v) is 6.07. The van der Waals surface area contributed by atoms with Crippen molar-refractivity contribution in [3.05, 3.63) is 35.9 Å². The summed E-state index contributed by atoms with van der Waals surface area (Å²) < 4.78 is 0. The van der Waals surface area contributed by atoms with Gasteiger partial charge in [0.05, 0.1) is 0 Å². The summed E-state index contributed by atoms with van der Waals surface area (Å²) in [6, 6.07) is 9.91. The van der Waals surface area contributed by atoms with Gasteiger partial charge in [-0.05, 0) is 24.8 Å². The normalized spacial score (nSPS) is 18.1. The molecule has 0 spiro atoms. The molecule has 1 aliphatic carbocycles. The van der Waals surface area contributed by atoms with Crippen LogP contribution in [0.15, 0.2) is 30.3 Å². The first-order chi connectivity index (χ1) is 8.25. The first-order valence-corrected chi connectivity index (χ1v) is 7.12. The van der Waals surface area contributed by atoms with Crippen LogP contribution >= 0.6 is 11.8 Å². The van der Waals surface area contributed by atoms with E-state index in [-0.39, 0.29) is 5.25 Å². The van der Waals surface area contributed by atoms with Crippen molar-refractivity contribution in [1.82, 2.24) is 0 Å². The molecule has 1 fully saturated rings. The molecule has 0 radical (unpaired) electrons. The lowest BCUT2D eigenvalue weighted by molar-refractivity contribution is -0.136. The minimum absolute atomic E-state index is 0.291. The van der Waals surface area contributed by atoms with Gasteiger partial charge in [-0.3, -0.25) is 4.79 Å². The van der Waals surface area contributed by atoms with Crippen LogP contribution in [0.25, 0.3) is 0 Å². The summed E-state index contributed by atoms with van der Waals surface area (Å²) in [6.45, 7) is 0. The highest BCUT2D eigenvalue weighted by Gasteiger charge is 2.25. The minimum Gasteiger partial charge on any atom is -0.480 e. The second-order valence-electron chi connectivity index (χ2n) is 4.56. The summed E-state index contributed by atoms with van der Waals surface area (Å²) in [4.78, 5) is 11.3. The van der Waals surface area contributed by atoms with Crippen molar-refractivity contribution in [3.63, 3.8) is 0 Å². The highest BCUT2D eigenvalue weighted by atomic mass is 32.2. The lowest BCUT2D eigenvalue weighted by Gasteiger charge is -2.16. The Kier molecular flexibility index (Phi) is 4.49. The number of rotatable bonds is 5. The van der Waals surface area contributed by atoms with Crippen LogP contribution in [-0.4, -0.2) is 21.6 Å². The van der Waals surface area contributed by atoms with Crippen LogP contribution in [0.1, 0.15) is 31.2 Å². The van der Waals surface area contributed by atoms with E-state index in [1.165, 1.54) is 25.7 Å². The van der Waals surface area contributed by atoms with Crippen molar-refractivity contribution in [1.29, 1.82) is 0 Å². The fourth-order valence-electron chi connectivity index (χ4n) is 2.28. The lowest BCUT2D eigenvalue weighted by Crippen LogP contribution is -2.22. The molecule has 2 rings (SSSR count). The average molecular weight is 250 g/mol. The Hall–Kier alpha value is -0.960. The van der Waals surface area contributed by atoms with Gasteiger partial charge in [-0.1, -0.05) is 43.2 Å². The number of benzene rings is 1. The van der Waals surface area contributed by atoms with Crippen molar-refractivity contribution in [3.8, 4) is 0 Å². The molecule has 92 valence electrons. The summed E-state index contributed by atoms with van der Waals surface area (Å²) >= 11 is 1.66. The van der Waals surface area contributed by atoms with E-state index in [1.807, 2.05) is 30.3 Å². The minimum atomic E-state index is -0.675. The van der Waals surface area contributed by atoms with Crippen LogP contribution in [-0.2, 0) is 11.2 Å². The maximum absolute atomic E-state index is 11.3. The maximum atomic E-state index is 11.3. The zero-order valence-electron chi connectivity index (χ0n) is 9.84. The molecule has 3 heteroatoms. The Balaban J connectivity index is 1.95. The molecule has 0 aromatic heterocycles. The monoisotopic (exact) mass is 250 g/mol. The predicted octanol–water partition coefficient (Wildman–Crippen LogP) is 3.36. The van der Waals surface area contributed by atoms with Crippen LogP contribution in [0.2, 0.25) is 0 Å². The van der Waals surface area contributed by atoms with Gasteiger partial charge in [0, 0.05) is 5.25 Å². The third kappa shape index (κ3) is 3.77. The van der Waals surface area contributed by atoms with E-state index in [2.05, 4.69) is 0 Å². The van der Waals surface area contributed by atoms with E-state index in [1.54, 1.807) is 11.8 Å². The van der Waals surface area contributed by atoms with E-state index in [0.717, 1.165) is 5.56 Å². The highest BCUT2D eigenvalue weighted by Crippen LogP contribution is 2.33. The Labute approximate surface area is 106 Å². The Bertz CT molecular complexity index is 358. The summed E-state index contributed by atoms with van der Waals surface area (Å²) in [7, 11) is 0. The van der Waals surface area contributed by atoms with Crippen molar-refractivity contribution in [2.24, 2.45) is 0 Å². The van der Waals surface area contributed by atoms with Crippen LogP contribution in [0, 0.1) is 0 Å². The molecule has 1 aromatic rings. The van der Waals surface area contributed by atoms with Gasteiger partial charge in [-0.15, -0.1) is 11.8 Å². The van der Waals surface area contributed by atoms with Gasteiger partial charge in [-0.25, -0.2) is 0 Å². The van der Waals surface area contributed by atoms with Gasteiger partial charge in [-0.2, -0.15) is 0 Å². The van der Waals surface area contributed by atoms with Gasteiger partial charge >= 0.3 is 5.97 Å². The van der Waals surface area contributed by atoms with Crippen molar-refractivity contribution in [2.75, 3.05) is 0 Å². The van der Waals surface area contributed by atoms with Crippen LogP contribution < -0.4 is 0 Å². The highest BCUT2D eigenvalue weighted by molar-refractivity contribution is 8.01. The SMILES string of the molecule is O=C(O)C(Cc1ccccc1)SC1CCCC1. The van der Waals surface area contributed by atoms with Gasteiger partial charge in [0.15, 0.2) is 0 Å². The second kappa shape index (κ2) is 6.10. The van der Waals surface area contributed by atoms with E-state index in [0.29, 0.717) is 11.7 Å². The zero-order valence-corrected chi connectivity index (χ0v) is 10.7. The molecule has 1 saturated carbocycles. The molecule has 0 bridgehead atoms.